The van der Waals surface area contributed by atoms with Gasteiger partial charge in [0.1, 0.15) is 5.69 Å². The standard InChI is InChI=1S/C14H19N3O4/c1-13(2,14(3,4)19)16-10-7-9-8(6-12(18)15-9)5-11(10)17(20)21/h5,7,16,19H,6H2,1-4H3,(H,15,18). The molecule has 1 aromatic rings. The minimum Gasteiger partial charge on any atom is -0.388 e. The second-order valence-electron chi connectivity index (χ2n) is 6.32. The van der Waals surface area contributed by atoms with Gasteiger partial charge in [-0.3, -0.25) is 14.9 Å². The van der Waals surface area contributed by atoms with Crippen LogP contribution in [0.5, 0.6) is 0 Å². The molecule has 7 nitrogen and oxygen atoms in total. The number of aliphatic hydroxyl groups is 1. The van der Waals surface area contributed by atoms with Crippen molar-refractivity contribution in [3.63, 3.8) is 0 Å². The highest BCUT2D eigenvalue weighted by Crippen LogP contribution is 2.37. The molecule has 0 atom stereocenters. The molecule has 7 heteroatoms. The molecule has 0 unspecified atom stereocenters. The molecule has 1 aromatic carbocycles. The van der Waals surface area contributed by atoms with Gasteiger partial charge in [0.25, 0.3) is 5.69 Å². The molecule has 0 fully saturated rings. The fraction of sp³-hybridized carbons (Fsp3) is 0.500. The summed E-state index contributed by atoms with van der Waals surface area (Å²) >= 11 is 0. The molecule has 0 aliphatic carbocycles. The van der Waals surface area contributed by atoms with E-state index in [2.05, 4.69) is 10.6 Å². The summed E-state index contributed by atoms with van der Waals surface area (Å²) in [5.74, 6) is -0.182. The Balaban J connectivity index is 2.46. The van der Waals surface area contributed by atoms with Crippen LogP contribution >= 0.6 is 0 Å². The van der Waals surface area contributed by atoms with Gasteiger partial charge in [-0.2, -0.15) is 0 Å². The molecule has 1 amide bonds. The van der Waals surface area contributed by atoms with Gasteiger partial charge in [-0.25, -0.2) is 0 Å². The van der Waals surface area contributed by atoms with Crippen LogP contribution in [-0.2, 0) is 11.2 Å². The summed E-state index contributed by atoms with van der Waals surface area (Å²) in [5.41, 5.74) is -0.550. The molecular formula is C14H19N3O4. The van der Waals surface area contributed by atoms with Crippen LogP contribution in [0.3, 0.4) is 0 Å². The molecule has 0 bridgehead atoms. The van der Waals surface area contributed by atoms with Crippen molar-refractivity contribution < 1.29 is 14.8 Å². The number of hydrogen-bond donors (Lipinski definition) is 3. The molecule has 0 spiro atoms. The summed E-state index contributed by atoms with van der Waals surface area (Å²) in [7, 11) is 0. The normalized spacial score (nSPS) is 14.6. The van der Waals surface area contributed by atoms with Gasteiger partial charge in [-0.05, 0) is 39.3 Å². The van der Waals surface area contributed by atoms with Crippen LogP contribution in [0.25, 0.3) is 0 Å². The van der Waals surface area contributed by atoms with Gasteiger partial charge >= 0.3 is 0 Å². The third-order valence-corrected chi connectivity index (χ3v) is 4.02. The van der Waals surface area contributed by atoms with Gasteiger partial charge < -0.3 is 15.7 Å². The van der Waals surface area contributed by atoms with Gasteiger partial charge in [0, 0.05) is 11.8 Å². The van der Waals surface area contributed by atoms with E-state index < -0.39 is 16.1 Å². The number of nitro groups is 1. The van der Waals surface area contributed by atoms with E-state index in [1.807, 2.05) is 0 Å². The van der Waals surface area contributed by atoms with Gasteiger partial charge in [-0.15, -0.1) is 0 Å². The van der Waals surface area contributed by atoms with Crippen LogP contribution in [0.15, 0.2) is 12.1 Å². The zero-order valence-corrected chi connectivity index (χ0v) is 12.5. The predicted octanol–water partition coefficient (Wildman–Crippen LogP) is 2.05. The largest absolute Gasteiger partial charge is 0.388 e. The second-order valence-corrected chi connectivity index (χ2v) is 6.32. The molecule has 0 aromatic heterocycles. The van der Waals surface area contributed by atoms with Crippen molar-refractivity contribution in [2.75, 3.05) is 10.6 Å². The van der Waals surface area contributed by atoms with E-state index in [0.717, 1.165) is 0 Å². The first-order valence-corrected chi connectivity index (χ1v) is 6.63. The lowest BCUT2D eigenvalue weighted by atomic mass is 9.85. The Hall–Kier alpha value is -2.15. The van der Waals surface area contributed by atoms with Crippen LogP contribution in [0.1, 0.15) is 33.3 Å². The number of carbonyl (C=O) groups excluding carboxylic acids is 1. The highest BCUT2D eigenvalue weighted by Gasteiger charge is 2.37. The summed E-state index contributed by atoms with van der Waals surface area (Å²) in [6.45, 7) is 6.76. The van der Waals surface area contributed by atoms with Crippen molar-refractivity contribution in [3.05, 3.63) is 27.8 Å². The number of amides is 1. The minimum atomic E-state index is -1.09. The minimum absolute atomic E-state index is 0.109. The quantitative estimate of drug-likeness (QED) is 0.582. The van der Waals surface area contributed by atoms with E-state index in [9.17, 15) is 20.0 Å². The second kappa shape index (κ2) is 4.70. The average molecular weight is 293 g/mol. The van der Waals surface area contributed by atoms with Gasteiger partial charge in [-0.1, -0.05) is 0 Å². The smallest absolute Gasteiger partial charge is 0.292 e. The Morgan fingerprint density at radius 2 is 1.95 bits per heavy atom. The molecule has 21 heavy (non-hydrogen) atoms. The fourth-order valence-electron chi connectivity index (χ4n) is 2.00. The first-order chi connectivity index (χ1) is 9.51. The summed E-state index contributed by atoms with van der Waals surface area (Å²) in [6, 6.07) is 2.95. The molecule has 1 heterocycles. The Morgan fingerprint density at radius 3 is 2.48 bits per heavy atom. The third-order valence-electron chi connectivity index (χ3n) is 4.02. The van der Waals surface area contributed by atoms with Gasteiger partial charge in [0.05, 0.1) is 22.5 Å². The summed E-state index contributed by atoms with van der Waals surface area (Å²) < 4.78 is 0. The monoisotopic (exact) mass is 293 g/mol. The zero-order valence-electron chi connectivity index (χ0n) is 12.5. The van der Waals surface area contributed by atoms with Crippen molar-refractivity contribution in [1.82, 2.24) is 0 Å². The van der Waals surface area contributed by atoms with Crippen molar-refractivity contribution in [3.8, 4) is 0 Å². The van der Waals surface area contributed by atoms with E-state index >= 15 is 0 Å². The third kappa shape index (κ3) is 2.82. The maximum Gasteiger partial charge on any atom is 0.292 e. The Morgan fingerprint density at radius 1 is 1.33 bits per heavy atom. The zero-order chi connectivity index (χ0) is 16.0. The van der Waals surface area contributed by atoms with Crippen LogP contribution in [0.4, 0.5) is 17.1 Å². The number of nitrogens with one attached hydrogen (secondary N) is 2. The molecule has 0 saturated heterocycles. The lowest BCUT2D eigenvalue weighted by Crippen LogP contribution is -2.51. The molecule has 0 radical (unpaired) electrons. The molecule has 0 saturated carbocycles. The summed E-state index contributed by atoms with van der Waals surface area (Å²) in [6.07, 6.45) is 0.144. The number of fused-ring (bicyclic) bond motifs is 1. The number of benzene rings is 1. The number of anilines is 2. The van der Waals surface area contributed by atoms with Gasteiger partial charge in [0.15, 0.2) is 0 Å². The van der Waals surface area contributed by atoms with Crippen molar-refractivity contribution in [1.29, 1.82) is 0 Å². The SMILES string of the molecule is CC(C)(O)C(C)(C)Nc1cc2c(cc1[N+](=O)[O-])CC(=O)N2. The highest BCUT2D eigenvalue weighted by molar-refractivity contribution is 6.00. The predicted molar refractivity (Wildman–Crippen MR) is 79.4 cm³/mol. The van der Waals surface area contributed by atoms with E-state index in [-0.39, 0.29) is 23.7 Å². The van der Waals surface area contributed by atoms with E-state index in [1.54, 1.807) is 33.8 Å². The first-order valence-electron chi connectivity index (χ1n) is 6.63. The fourth-order valence-corrected chi connectivity index (χ4v) is 2.00. The lowest BCUT2D eigenvalue weighted by Gasteiger charge is -2.38. The van der Waals surface area contributed by atoms with E-state index in [1.165, 1.54) is 6.07 Å². The Kier molecular flexibility index (Phi) is 3.41. The van der Waals surface area contributed by atoms with Crippen molar-refractivity contribution in [2.24, 2.45) is 0 Å². The maximum atomic E-state index is 11.4. The van der Waals surface area contributed by atoms with Crippen molar-refractivity contribution in [2.45, 2.75) is 45.3 Å². The first kappa shape index (κ1) is 15.2. The molecule has 2 rings (SSSR count). The number of carbonyl (C=O) groups is 1. The van der Waals surface area contributed by atoms with E-state index in [4.69, 9.17) is 0 Å². The molecule has 1 aliphatic heterocycles. The van der Waals surface area contributed by atoms with Gasteiger partial charge in [0.2, 0.25) is 5.91 Å². The average Bonchev–Trinajstić information content (AvgIpc) is 2.64. The summed E-state index contributed by atoms with van der Waals surface area (Å²) in [4.78, 5) is 22.1. The van der Waals surface area contributed by atoms with Crippen LogP contribution in [0.2, 0.25) is 0 Å². The van der Waals surface area contributed by atoms with E-state index in [0.29, 0.717) is 11.3 Å². The molecule has 114 valence electrons. The van der Waals surface area contributed by atoms with Crippen molar-refractivity contribution >= 4 is 23.0 Å². The molecule has 1 aliphatic rings. The number of nitrogens with zero attached hydrogens (tertiary/aromatic N) is 1. The number of hydrogen-bond acceptors (Lipinski definition) is 5. The topological polar surface area (TPSA) is 104 Å². The molecule has 3 N–H and O–H groups in total. The Bertz CT molecular complexity index is 617. The number of rotatable bonds is 4. The van der Waals surface area contributed by atoms with Crippen LogP contribution in [0, 0.1) is 10.1 Å². The molecular weight excluding hydrogens is 274 g/mol. The summed E-state index contributed by atoms with van der Waals surface area (Å²) in [5, 5.41) is 27.1. The lowest BCUT2D eigenvalue weighted by molar-refractivity contribution is -0.384. The maximum absolute atomic E-state index is 11.4. The highest BCUT2D eigenvalue weighted by atomic mass is 16.6. The van der Waals surface area contributed by atoms with Crippen LogP contribution < -0.4 is 10.6 Å². The number of nitro benzene ring substituents is 1. The van der Waals surface area contributed by atoms with Crippen LogP contribution in [-0.4, -0.2) is 27.1 Å². The Labute approximate surface area is 122 Å².